The van der Waals surface area contributed by atoms with Gasteiger partial charge in [-0.1, -0.05) is 0 Å². The SMILES string of the molecule is COCCC1(CNC(=O)N(C)CCCC(=O)O)CC1. The van der Waals surface area contributed by atoms with Crippen LogP contribution in [-0.2, 0) is 9.53 Å². The van der Waals surface area contributed by atoms with Crippen LogP contribution >= 0.6 is 0 Å². The Hall–Kier alpha value is -1.30. The van der Waals surface area contributed by atoms with Gasteiger partial charge in [-0.05, 0) is 31.1 Å². The zero-order chi connectivity index (χ0) is 14.3. The monoisotopic (exact) mass is 272 g/mol. The summed E-state index contributed by atoms with van der Waals surface area (Å²) in [6.07, 6.45) is 3.83. The summed E-state index contributed by atoms with van der Waals surface area (Å²) in [4.78, 5) is 23.7. The largest absolute Gasteiger partial charge is 0.481 e. The first-order chi connectivity index (χ1) is 8.99. The van der Waals surface area contributed by atoms with Crippen molar-refractivity contribution >= 4 is 12.0 Å². The Morgan fingerprint density at radius 2 is 2.11 bits per heavy atom. The van der Waals surface area contributed by atoms with Gasteiger partial charge in [0.1, 0.15) is 0 Å². The van der Waals surface area contributed by atoms with Gasteiger partial charge in [0.05, 0.1) is 0 Å². The fourth-order valence-electron chi connectivity index (χ4n) is 1.98. The van der Waals surface area contributed by atoms with E-state index in [-0.39, 0.29) is 17.9 Å². The average molecular weight is 272 g/mol. The van der Waals surface area contributed by atoms with E-state index < -0.39 is 5.97 Å². The maximum Gasteiger partial charge on any atom is 0.317 e. The van der Waals surface area contributed by atoms with Crippen LogP contribution in [0.1, 0.15) is 32.1 Å². The Morgan fingerprint density at radius 3 is 2.63 bits per heavy atom. The molecule has 1 aliphatic rings. The number of carboxylic acids is 1. The lowest BCUT2D eigenvalue weighted by Crippen LogP contribution is -2.40. The molecule has 0 unspecified atom stereocenters. The molecule has 110 valence electrons. The zero-order valence-corrected chi connectivity index (χ0v) is 11.8. The van der Waals surface area contributed by atoms with Crippen LogP contribution in [0, 0.1) is 5.41 Å². The quantitative estimate of drug-likeness (QED) is 0.663. The van der Waals surface area contributed by atoms with Crippen LogP contribution in [-0.4, -0.2) is 55.9 Å². The summed E-state index contributed by atoms with van der Waals surface area (Å²) in [6.45, 7) is 1.87. The highest BCUT2D eigenvalue weighted by atomic mass is 16.5. The summed E-state index contributed by atoms with van der Waals surface area (Å²) in [7, 11) is 3.37. The van der Waals surface area contributed by atoms with E-state index >= 15 is 0 Å². The minimum atomic E-state index is -0.828. The van der Waals surface area contributed by atoms with Crippen molar-refractivity contribution in [2.24, 2.45) is 5.41 Å². The number of ether oxygens (including phenoxy) is 1. The average Bonchev–Trinajstić information content (AvgIpc) is 3.13. The van der Waals surface area contributed by atoms with Crippen LogP contribution in [0.5, 0.6) is 0 Å². The number of rotatable bonds is 9. The van der Waals surface area contributed by atoms with E-state index in [0.29, 0.717) is 19.5 Å². The summed E-state index contributed by atoms with van der Waals surface area (Å²) in [5, 5.41) is 11.5. The molecule has 0 aromatic carbocycles. The van der Waals surface area contributed by atoms with E-state index in [0.717, 1.165) is 25.9 Å². The van der Waals surface area contributed by atoms with Crippen LogP contribution in [0.25, 0.3) is 0 Å². The standard InChI is InChI=1S/C13H24N2O4/c1-15(8-3-4-11(16)17)12(18)14-10-13(5-6-13)7-9-19-2/h3-10H2,1-2H3,(H,14,18)(H,16,17). The minimum absolute atomic E-state index is 0.0927. The van der Waals surface area contributed by atoms with Gasteiger partial charge in [0, 0.05) is 40.3 Å². The number of carbonyl (C=O) groups excluding carboxylic acids is 1. The number of urea groups is 1. The molecule has 1 fully saturated rings. The number of carboxylic acid groups (broad SMARTS) is 1. The van der Waals surface area contributed by atoms with E-state index in [1.165, 1.54) is 4.90 Å². The van der Waals surface area contributed by atoms with E-state index in [9.17, 15) is 9.59 Å². The summed E-state index contributed by atoms with van der Waals surface area (Å²) >= 11 is 0. The molecule has 6 nitrogen and oxygen atoms in total. The highest BCUT2D eigenvalue weighted by Crippen LogP contribution is 2.48. The van der Waals surface area contributed by atoms with Crippen LogP contribution in [0.2, 0.25) is 0 Å². The molecule has 2 amide bonds. The van der Waals surface area contributed by atoms with Crippen LogP contribution < -0.4 is 5.32 Å². The molecule has 1 saturated carbocycles. The molecule has 2 N–H and O–H groups in total. The smallest absolute Gasteiger partial charge is 0.317 e. The number of nitrogens with zero attached hydrogens (tertiary/aromatic N) is 1. The second kappa shape index (κ2) is 7.33. The Morgan fingerprint density at radius 1 is 1.42 bits per heavy atom. The van der Waals surface area contributed by atoms with Crippen LogP contribution in [0.15, 0.2) is 0 Å². The third-order valence-corrected chi connectivity index (χ3v) is 3.64. The zero-order valence-electron chi connectivity index (χ0n) is 11.8. The maximum absolute atomic E-state index is 11.8. The van der Waals surface area contributed by atoms with E-state index in [2.05, 4.69) is 5.32 Å². The van der Waals surface area contributed by atoms with E-state index in [1.807, 2.05) is 0 Å². The number of hydrogen-bond acceptors (Lipinski definition) is 3. The third-order valence-electron chi connectivity index (χ3n) is 3.64. The second-order valence-electron chi connectivity index (χ2n) is 5.32. The first-order valence-electron chi connectivity index (χ1n) is 6.69. The molecule has 19 heavy (non-hydrogen) atoms. The molecule has 0 aromatic rings. The van der Waals surface area contributed by atoms with Gasteiger partial charge in [-0.2, -0.15) is 0 Å². The Labute approximate surface area is 114 Å². The molecule has 0 heterocycles. The van der Waals surface area contributed by atoms with Gasteiger partial charge < -0.3 is 20.1 Å². The molecule has 0 bridgehead atoms. The van der Waals surface area contributed by atoms with Crippen molar-refractivity contribution in [1.29, 1.82) is 0 Å². The maximum atomic E-state index is 11.8. The molecule has 1 aliphatic carbocycles. The molecular formula is C13H24N2O4. The van der Waals surface area contributed by atoms with Gasteiger partial charge in [0.2, 0.25) is 0 Å². The Kier molecular flexibility index (Phi) is 6.08. The highest BCUT2D eigenvalue weighted by molar-refractivity contribution is 5.74. The van der Waals surface area contributed by atoms with Crippen molar-refractivity contribution in [3.05, 3.63) is 0 Å². The van der Waals surface area contributed by atoms with Crippen molar-refractivity contribution in [2.75, 3.05) is 33.9 Å². The van der Waals surface area contributed by atoms with Crippen LogP contribution in [0.3, 0.4) is 0 Å². The first kappa shape index (κ1) is 15.8. The van der Waals surface area contributed by atoms with Gasteiger partial charge in [-0.3, -0.25) is 4.79 Å². The lowest BCUT2D eigenvalue weighted by molar-refractivity contribution is -0.137. The summed E-state index contributed by atoms with van der Waals surface area (Å²) in [5.74, 6) is -0.828. The number of nitrogens with one attached hydrogen (secondary N) is 1. The molecular weight excluding hydrogens is 248 g/mol. The number of carbonyl (C=O) groups is 2. The van der Waals surface area contributed by atoms with Crippen molar-refractivity contribution < 1.29 is 19.4 Å². The number of hydrogen-bond donors (Lipinski definition) is 2. The predicted molar refractivity (Wildman–Crippen MR) is 71.1 cm³/mol. The van der Waals surface area contributed by atoms with Crippen molar-refractivity contribution in [3.8, 4) is 0 Å². The molecule has 0 saturated heterocycles. The molecule has 0 aromatic heterocycles. The first-order valence-corrected chi connectivity index (χ1v) is 6.69. The predicted octanol–water partition coefficient (Wildman–Crippen LogP) is 1.31. The van der Waals surface area contributed by atoms with Gasteiger partial charge >= 0.3 is 12.0 Å². The molecule has 0 radical (unpaired) electrons. The minimum Gasteiger partial charge on any atom is -0.481 e. The number of aliphatic carboxylic acids is 1. The highest BCUT2D eigenvalue weighted by Gasteiger charge is 2.42. The third kappa shape index (κ3) is 5.92. The lowest BCUT2D eigenvalue weighted by Gasteiger charge is -2.20. The number of amides is 2. The molecule has 0 spiro atoms. The lowest BCUT2D eigenvalue weighted by atomic mass is 10.0. The summed E-state index contributed by atoms with van der Waals surface area (Å²) < 4.78 is 5.07. The van der Waals surface area contributed by atoms with Crippen molar-refractivity contribution in [3.63, 3.8) is 0 Å². The van der Waals surface area contributed by atoms with Gasteiger partial charge in [-0.15, -0.1) is 0 Å². The summed E-state index contributed by atoms with van der Waals surface area (Å²) in [5.41, 5.74) is 0.230. The second-order valence-corrected chi connectivity index (χ2v) is 5.32. The van der Waals surface area contributed by atoms with E-state index in [1.54, 1.807) is 14.2 Å². The molecule has 0 atom stereocenters. The summed E-state index contributed by atoms with van der Waals surface area (Å²) in [6, 6.07) is -0.130. The Bertz CT molecular complexity index is 316. The van der Waals surface area contributed by atoms with Gasteiger partial charge in [-0.25, -0.2) is 4.79 Å². The fourth-order valence-corrected chi connectivity index (χ4v) is 1.98. The molecule has 1 rings (SSSR count). The molecule has 0 aliphatic heterocycles. The molecule has 6 heteroatoms. The van der Waals surface area contributed by atoms with E-state index in [4.69, 9.17) is 9.84 Å². The van der Waals surface area contributed by atoms with Gasteiger partial charge in [0.15, 0.2) is 0 Å². The van der Waals surface area contributed by atoms with Gasteiger partial charge in [0.25, 0.3) is 0 Å². The topological polar surface area (TPSA) is 78.9 Å². The number of methoxy groups -OCH3 is 1. The fraction of sp³-hybridized carbons (Fsp3) is 0.846. The van der Waals surface area contributed by atoms with Crippen molar-refractivity contribution in [1.82, 2.24) is 10.2 Å². The Balaban J connectivity index is 2.17. The normalized spacial score (nSPS) is 15.9. The van der Waals surface area contributed by atoms with Crippen molar-refractivity contribution in [2.45, 2.75) is 32.1 Å². The van der Waals surface area contributed by atoms with Crippen LogP contribution in [0.4, 0.5) is 4.79 Å².